The van der Waals surface area contributed by atoms with Gasteiger partial charge in [0.25, 0.3) is 5.91 Å². The molecule has 3 heterocycles. The second kappa shape index (κ2) is 11.9. The minimum Gasteiger partial charge on any atom is -0.497 e. The first-order valence-electron chi connectivity index (χ1n) is 15.1. The molecule has 0 spiro atoms. The highest BCUT2D eigenvalue weighted by Crippen LogP contribution is 2.39. The number of methoxy groups -OCH3 is 1. The molecule has 1 aromatic heterocycles. The van der Waals surface area contributed by atoms with E-state index in [1.54, 1.807) is 26.8 Å². The number of benzene rings is 3. The van der Waals surface area contributed by atoms with E-state index in [0.29, 0.717) is 28.1 Å². The molecule has 11 heteroatoms. The van der Waals surface area contributed by atoms with Crippen LogP contribution in [-0.2, 0) is 27.9 Å². The van der Waals surface area contributed by atoms with Gasteiger partial charge in [-0.3, -0.25) is 9.69 Å². The van der Waals surface area contributed by atoms with Crippen LogP contribution in [0.15, 0.2) is 65.6 Å². The van der Waals surface area contributed by atoms with E-state index in [0.717, 1.165) is 30.6 Å². The van der Waals surface area contributed by atoms with Crippen molar-refractivity contribution in [2.24, 2.45) is 0 Å². The molecule has 0 saturated carbocycles. The molecule has 1 amide bonds. The van der Waals surface area contributed by atoms with Gasteiger partial charge < -0.3 is 19.0 Å². The highest BCUT2D eigenvalue weighted by molar-refractivity contribution is 7.87. The highest BCUT2D eigenvalue weighted by Gasteiger charge is 2.32. The molecule has 2 aliphatic heterocycles. The van der Waals surface area contributed by atoms with Gasteiger partial charge in [-0.1, -0.05) is 12.5 Å². The summed E-state index contributed by atoms with van der Waals surface area (Å²) in [6, 6.07) is 16.9. The maximum Gasteiger partial charge on any atom is 0.419 e. The van der Waals surface area contributed by atoms with Gasteiger partial charge in [0.05, 0.1) is 23.9 Å². The van der Waals surface area contributed by atoms with Crippen LogP contribution in [0.3, 0.4) is 0 Å². The molecule has 3 aromatic carbocycles. The van der Waals surface area contributed by atoms with Gasteiger partial charge in [-0.25, -0.2) is 9.36 Å². The van der Waals surface area contributed by atoms with Crippen molar-refractivity contribution < 1.29 is 31.7 Å². The van der Waals surface area contributed by atoms with E-state index in [1.165, 1.54) is 61.3 Å². The van der Waals surface area contributed by atoms with Gasteiger partial charge in [-0.15, -0.1) is 0 Å². The summed E-state index contributed by atoms with van der Waals surface area (Å²) in [6.07, 6.45) is 3.06. The van der Waals surface area contributed by atoms with Gasteiger partial charge in [0.15, 0.2) is 0 Å². The number of likely N-dealkylation sites (tertiary alicyclic amines) is 1. The molecule has 6 rings (SSSR count). The van der Waals surface area contributed by atoms with Crippen LogP contribution in [0.4, 0.5) is 4.79 Å². The Morgan fingerprint density at radius 2 is 1.69 bits per heavy atom. The van der Waals surface area contributed by atoms with Crippen LogP contribution >= 0.6 is 0 Å². The Morgan fingerprint density at radius 1 is 0.956 bits per heavy atom. The largest absolute Gasteiger partial charge is 0.497 e. The van der Waals surface area contributed by atoms with Gasteiger partial charge >= 0.3 is 16.2 Å². The Hall–Kier alpha value is -4.35. The number of carbonyl (C=O) groups excluding carboxylic acids is 2. The molecule has 0 bridgehead atoms. The summed E-state index contributed by atoms with van der Waals surface area (Å²) in [5, 5.41) is 3.62. The monoisotopic (exact) mass is 631 g/mol. The van der Waals surface area contributed by atoms with Crippen LogP contribution in [0, 0.1) is 0 Å². The van der Waals surface area contributed by atoms with Crippen molar-refractivity contribution in [3.63, 3.8) is 0 Å². The normalized spacial score (nSPS) is 15.5. The lowest BCUT2D eigenvalue weighted by atomic mass is 9.99. The maximum absolute atomic E-state index is 13.7. The zero-order valence-corrected chi connectivity index (χ0v) is 26.7. The zero-order valence-electron chi connectivity index (χ0n) is 25.9. The number of nitrogens with zero attached hydrogens (tertiary/aromatic N) is 2. The van der Waals surface area contributed by atoms with Crippen LogP contribution in [-0.4, -0.2) is 55.7 Å². The van der Waals surface area contributed by atoms with Crippen LogP contribution < -0.4 is 14.2 Å². The van der Waals surface area contributed by atoms with Gasteiger partial charge in [-0.2, -0.15) is 8.42 Å². The van der Waals surface area contributed by atoms with Crippen molar-refractivity contribution in [3.8, 4) is 22.8 Å². The number of piperidine rings is 1. The molecule has 10 nitrogen and oxygen atoms in total. The number of carbonyl (C=O) groups is 2. The quantitative estimate of drug-likeness (QED) is 0.244. The first-order chi connectivity index (χ1) is 21.4. The first-order valence-corrected chi connectivity index (χ1v) is 16.5. The van der Waals surface area contributed by atoms with E-state index in [9.17, 15) is 18.0 Å². The molecule has 4 aromatic rings. The van der Waals surface area contributed by atoms with Crippen LogP contribution in [0.1, 0.15) is 61.5 Å². The third kappa shape index (κ3) is 6.27. The number of amides is 1. The van der Waals surface area contributed by atoms with Crippen molar-refractivity contribution in [1.29, 1.82) is 0 Å². The van der Waals surface area contributed by atoms with Crippen LogP contribution in [0.25, 0.3) is 22.2 Å². The summed E-state index contributed by atoms with van der Waals surface area (Å²) in [4.78, 5) is 29.3. The molecule has 1 fully saturated rings. The number of hydrogen-bond acceptors (Lipinski definition) is 8. The summed E-state index contributed by atoms with van der Waals surface area (Å²) in [7, 11) is -2.72. The number of aromatic nitrogens is 1. The fourth-order valence-electron chi connectivity index (χ4n) is 5.96. The Bertz CT molecular complexity index is 1880. The number of rotatable bonds is 7. The second-order valence-electron chi connectivity index (χ2n) is 12.4. The maximum atomic E-state index is 13.7. The molecule has 1 N–H and O–H groups in total. The van der Waals surface area contributed by atoms with Gasteiger partial charge in [-0.05, 0) is 107 Å². The van der Waals surface area contributed by atoms with Gasteiger partial charge in [0.2, 0.25) is 0 Å². The van der Waals surface area contributed by atoms with Crippen molar-refractivity contribution in [1.82, 2.24) is 14.8 Å². The molecular formula is C34H37N3O7S. The summed E-state index contributed by atoms with van der Waals surface area (Å²) in [5.74, 6) is 0.152. The molecule has 1 saturated heterocycles. The number of nitrogens with one attached hydrogen (secondary N) is 1. The summed E-state index contributed by atoms with van der Waals surface area (Å²) >= 11 is 0. The lowest BCUT2D eigenvalue weighted by Crippen LogP contribution is -2.29. The molecule has 0 atom stereocenters. The predicted molar refractivity (Wildman–Crippen MR) is 170 cm³/mol. The Balaban J connectivity index is 1.43. The average molecular weight is 632 g/mol. The fourth-order valence-corrected chi connectivity index (χ4v) is 6.92. The molecule has 45 heavy (non-hydrogen) atoms. The average Bonchev–Trinajstić information content (AvgIpc) is 3.58. The standard InChI is InChI=1S/C34H37N3O7S/c1-34(2,3)43-33(39)37-28-14-8-22(21-36-16-6-5-7-17-36)18-23(28)19-29(37)26-13-15-30(27-20-35-32(38)31(26)27)44-45(40,41)25-11-9-24(42-4)10-12-25/h8-15,18-19H,5-7,16-17,20-21H2,1-4H3,(H,35,38). The fraction of sp³-hybridized carbons (Fsp3) is 0.353. The summed E-state index contributed by atoms with van der Waals surface area (Å²) < 4.78 is 44.3. The first kappa shape index (κ1) is 30.7. The lowest BCUT2D eigenvalue weighted by Gasteiger charge is -2.26. The smallest absolute Gasteiger partial charge is 0.419 e. The second-order valence-corrected chi connectivity index (χ2v) is 14.0. The van der Waals surface area contributed by atoms with E-state index in [-0.39, 0.29) is 28.7 Å². The van der Waals surface area contributed by atoms with Crippen LogP contribution in [0.2, 0.25) is 0 Å². The SMILES string of the molecule is COc1ccc(S(=O)(=O)Oc2ccc(-c3cc4cc(CN5CCCCC5)ccc4n3C(=O)OC(C)(C)C)c3c2CNC3=O)cc1. The zero-order chi connectivity index (χ0) is 31.9. The number of hydrogen-bond donors (Lipinski definition) is 1. The third-order valence-electron chi connectivity index (χ3n) is 8.04. The third-order valence-corrected chi connectivity index (χ3v) is 9.29. The number of ether oxygens (including phenoxy) is 2. The molecule has 0 unspecified atom stereocenters. The minimum absolute atomic E-state index is 0.0339. The van der Waals surface area contributed by atoms with Crippen molar-refractivity contribution in [2.45, 2.75) is 63.6 Å². The van der Waals surface area contributed by atoms with Gasteiger partial charge in [0, 0.05) is 29.6 Å². The van der Waals surface area contributed by atoms with E-state index >= 15 is 0 Å². The van der Waals surface area contributed by atoms with Crippen molar-refractivity contribution >= 4 is 33.0 Å². The Morgan fingerprint density at radius 3 is 2.38 bits per heavy atom. The lowest BCUT2D eigenvalue weighted by molar-refractivity contribution is 0.0546. The molecule has 236 valence electrons. The predicted octanol–water partition coefficient (Wildman–Crippen LogP) is 6.10. The molecule has 2 aliphatic rings. The molecule has 0 aliphatic carbocycles. The van der Waals surface area contributed by atoms with Crippen molar-refractivity contribution in [3.05, 3.63) is 77.4 Å². The highest BCUT2D eigenvalue weighted by atomic mass is 32.2. The van der Waals surface area contributed by atoms with E-state index < -0.39 is 21.8 Å². The van der Waals surface area contributed by atoms with Gasteiger partial charge in [0.1, 0.15) is 22.0 Å². The topological polar surface area (TPSA) is 116 Å². The molecular weight excluding hydrogens is 594 g/mol. The summed E-state index contributed by atoms with van der Waals surface area (Å²) in [6.45, 7) is 8.41. The van der Waals surface area contributed by atoms with E-state index in [2.05, 4.69) is 16.3 Å². The Kier molecular flexibility index (Phi) is 8.09. The van der Waals surface area contributed by atoms with Crippen LogP contribution in [0.5, 0.6) is 11.5 Å². The minimum atomic E-state index is -4.21. The molecule has 0 radical (unpaired) electrons. The summed E-state index contributed by atoms with van der Waals surface area (Å²) in [5.41, 5.74) is 2.59. The number of fused-ring (bicyclic) bond motifs is 2. The van der Waals surface area contributed by atoms with Crippen molar-refractivity contribution in [2.75, 3.05) is 20.2 Å². The van der Waals surface area contributed by atoms with E-state index in [4.69, 9.17) is 13.7 Å². The van der Waals surface area contributed by atoms with E-state index in [1.807, 2.05) is 18.2 Å². The Labute approximate surface area is 263 Å².